The van der Waals surface area contributed by atoms with E-state index in [4.69, 9.17) is 0 Å². The molecule has 0 radical (unpaired) electrons. The number of likely N-dealkylation sites (tertiary alicyclic amines) is 1. The predicted molar refractivity (Wildman–Crippen MR) is 141 cm³/mol. The molecule has 3 N–H and O–H groups in total. The lowest BCUT2D eigenvalue weighted by Crippen LogP contribution is -2.47. The molecule has 3 aromatic rings. The fourth-order valence-electron chi connectivity index (χ4n) is 4.57. The van der Waals surface area contributed by atoms with E-state index in [2.05, 4.69) is 43.1 Å². The van der Waals surface area contributed by atoms with Gasteiger partial charge in [-0.1, -0.05) is 18.7 Å². The van der Waals surface area contributed by atoms with Gasteiger partial charge in [0.25, 0.3) is 0 Å². The van der Waals surface area contributed by atoms with Gasteiger partial charge in [0.2, 0.25) is 5.91 Å². The van der Waals surface area contributed by atoms with Crippen molar-refractivity contribution in [3.8, 4) is 11.3 Å². The second kappa shape index (κ2) is 10.4. The van der Waals surface area contributed by atoms with Crippen molar-refractivity contribution in [3.05, 3.63) is 49.3 Å². The van der Waals surface area contributed by atoms with Crippen molar-refractivity contribution in [2.24, 2.45) is 0 Å². The van der Waals surface area contributed by atoms with Crippen LogP contribution in [0.15, 0.2) is 49.3 Å². The summed E-state index contributed by atoms with van der Waals surface area (Å²) in [5, 5.41) is 6.93. The van der Waals surface area contributed by atoms with Crippen LogP contribution in [0.3, 0.4) is 0 Å². The molecule has 0 unspecified atom stereocenters. The Morgan fingerprint density at radius 2 is 1.83 bits per heavy atom. The summed E-state index contributed by atoms with van der Waals surface area (Å²) in [5.74, 6) is 3.14. The third-order valence-electron chi connectivity index (χ3n) is 6.49. The van der Waals surface area contributed by atoms with E-state index in [9.17, 15) is 9.59 Å². The topological polar surface area (TPSA) is 106 Å². The minimum Gasteiger partial charge on any atom is -0.354 e. The molecule has 2 saturated heterocycles. The number of carbonyl (C=O) groups is 2. The number of thioether (sulfide) groups is 1. The van der Waals surface area contributed by atoms with Gasteiger partial charge in [-0.25, -0.2) is 14.8 Å². The van der Waals surface area contributed by atoms with E-state index in [0.29, 0.717) is 18.8 Å². The van der Waals surface area contributed by atoms with Crippen LogP contribution >= 0.6 is 11.8 Å². The van der Waals surface area contributed by atoms with Gasteiger partial charge < -0.3 is 25.4 Å². The van der Waals surface area contributed by atoms with Crippen molar-refractivity contribution in [3.63, 3.8) is 0 Å². The van der Waals surface area contributed by atoms with Crippen molar-refractivity contribution in [1.29, 1.82) is 0 Å². The molecule has 0 atom stereocenters. The fourth-order valence-corrected chi connectivity index (χ4v) is 5.47. The molecule has 2 fully saturated rings. The molecule has 10 heteroatoms. The number of aromatic nitrogens is 3. The Morgan fingerprint density at radius 1 is 1.09 bits per heavy atom. The van der Waals surface area contributed by atoms with E-state index >= 15 is 0 Å². The lowest BCUT2D eigenvalue weighted by molar-refractivity contribution is -0.127. The first-order chi connectivity index (χ1) is 17.1. The zero-order valence-electron chi connectivity index (χ0n) is 19.5. The Morgan fingerprint density at radius 3 is 2.54 bits per heavy atom. The number of hydrogen-bond acceptors (Lipinski definition) is 6. The summed E-state index contributed by atoms with van der Waals surface area (Å²) in [5.41, 5.74) is 3.51. The third-order valence-corrected chi connectivity index (χ3v) is 7.43. The number of hydrogen-bond donors (Lipinski definition) is 3. The van der Waals surface area contributed by atoms with Crippen LogP contribution in [0.1, 0.15) is 12.8 Å². The summed E-state index contributed by atoms with van der Waals surface area (Å²) in [4.78, 5) is 40.6. The molecular formula is C25H29N7O2S. The Hall–Kier alpha value is -3.53. The van der Waals surface area contributed by atoms with E-state index in [1.54, 1.807) is 11.2 Å². The Labute approximate surface area is 208 Å². The molecule has 2 aliphatic rings. The van der Waals surface area contributed by atoms with Gasteiger partial charge in [0.05, 0.1) is 5.39 Å². The largest absolute Gasteiger partial charge is 0.354 e. The Balaban J connectivity index is 1.21. The molecule has 0 saturated carbocycles. The molecule has 2 aromatic heterocycles. The molecule has 9 nitrogen and oxygen atoms in total. The van der Waals surface area contributed by atoms with Crippen molar-refractivity contribution in [2.45, 2.75) is 18.9 Å². The van der Waals surface area contributed by atoms with Crippen LogP contribution in [0.5, 0.6) is 0 Å². The summed E-state index contributed by atoms with van der Waals surface area (Å²) in [7, 11) is 0. The summed E-state index contributed by atoms with van der Waals surface area (Å²) < 4.78 is 0. The third kappa shape index (κ3) is 5.27. The van der Waals surface area contributed by atoms with E-state index in [1.807, 2.05) is 36.0 Å². The first kappa shape index (κ1) is 23.2. The van der Waals surface area contributed by atoms with E-state index in [1.165, 1.54) is 6.08 Å². The van der Waals surface area contributed by atoms with Crippen molar-refractivity contribution in [1.82, 2.24) is 25.2 Å². The monoisotopic (exact) mass is 491 g/mol. The number of H-pyrrole nitrogens is 1. The van der Waals surface area contributed by atoms with Crippen LogP contribution in [-0.2, 0) is 4.79 Å². The summed E-state index contributed by atoms with van der Waals surface area (Å²) in [6.07, 6.45) is 4.41. The average Bonchev–Trinajstić information content (AvgIpc) is 3.34. The molecule has 0 spiro atoms. The molecule has 0 bridgehead atoms. The van der Waals surface area contributed by atoms with Crippen LogP contribution in [0.4, 0.5) is 16.3 Å². The normalized spacial score (nSPS) is 16.8. The quantitative estimate of drug-likeness (QED) is 0.472. The lowest BCUT2D eigenvalue weighted by Gasteiger charge is -2.31. The number of rotatable bonds is 5. The van der Waals surface area contributed by atoms with Gasteiger partial charge in [0, 0.05) is 55.1 Å². The summed E-state index contributed by atoms with van der Waals surface area (Å²) in [6.45, 7) is 6.76. The first-order valence-corrected chi connectivity index (χ1v) is 13.0. The van der Waals surface area contributed by atoms with Gasteiger partial charge in [-0.2, -0.15) is 11.8 Å². The minimum atomic E-state index is -0.239. The molecule has 0 aliphatic carbocycles. The molecular weight excluding hydrogens is 462 g/mol. The Kier molecular flexibility index (Phi) is 6.89. The molecule has 1 aromatic carbocycles. The van der Waals surface area contributed by atoms with E-state index in [0.717, 1.165) is 65.5 Å². The second-order valence-corrected chi connectivity index (χ2v) is 9.95. The van der Waals surface area contributed by atoms with Gasteiger partial charge >= 0.3 is 6.03 Å². The van der Waals surface area contributed by atoms with Gasteiger partial charge in [-0.15, -0.1) is 0 Å². The van der Waals surface area contributed by atoms with Crippen LogP contribution in [0.25, 0.3) is 22.3 Å². The van der Waals surface area contributed by atoms with E-state index < -0.39 is 0 Å². The number of benzene rings is 1. The number of fused-ring (bicyclic) bond motifs is 1. The molecule has 3 amide bonds. The van der Waals surface area contributed by atoms with Crippen LogP contribution in [-0.4, -0.2) is 75.5 Å². The number of nitrogens with zero attached hydrogens (tertiary/aromatic N) is 4. The van der Waals surface area contributed by atoms with E-state index in [-0.39, 0.29) is 18.0 Å². The highest BCUT2D eigenvalue weighted by atomic mass is 32.2. The Bertz CT molecular complexity index is 1210. The number of aromatic amines is 1. The van der Waals surface area contributed by atoms with Gasteiger partial charge in [0.15, 0.2) is 0 Å². The maximum Gasteiger partial charge on any atom is 0.319 e. The maximum absolute atomic E-state index is 12.5. The summed E-state index contributed by atoms with van der Waals surface area (Å²) in [6, 6.07) is 9.64. The van der Waals surface area contributed by atoms with Crippen molar-refractivity contribution >= 4 is 46.2 Å². The summed E-state index contributed by atoms with van der Waals surface area (Å²) >= 11 is 1.97. The van der Waals surface area contributed by atoms with Gasteiger partial charge in [-0.05, 0) is 42.7 Å². The van der Waals surface area contributed by atoms with Crippen LogP contribution < -0.4 is 15.5 Å². The molecule has 4 heterocycles. The van der Waals surface area contributed by atoms with Gasteiger partial charge in [-0.3, -0.25) is 4.79 Å². The molecule has 182 valence electrons. The maximum atomic E-state index is 12.5. The number of nitrogens with one attached hydrogen (secondary N) is 3. The molecule has 5 rings (SSSR count). The van der Waals surface area contributed by atoms with Gasteiger partial charge in [0.1, 0.15) is 17.8 Å². The highest BCUT2D eigenvalue weighted by Crippen LogP contribution is 2.30. The minimum absolute atomic E-state index is 0.0447. The zero-order chi connectivity index (χ0) is 24.2. The number of carbonyl (C=O) groups excluding carboxylic acids is 2. The average molecular weight is 492 g/mol. The molecule has 2 aliphatic heterocycles. The number of amides is 3. The number of piperidine rings is 1. The highest BCUT2D eigenvalue weighted by molar-refractivity contribution is 7.99. The standard InChI is InChI=1S/C25H29N7O2S/c1-2-22(33)31-9-7-19(8-10-31)29-25(34)28-18-5-3-17(4-6-18)21-15-20-23(30-21)26-16-27-24(20)32-11-13-35-14-12-32/h2-6,15-16,19H,1,7-14H2,(H,26,27,30)(H2,28,29,34). The predicted octanol–water partition coefficient (Wildman–Crippen LogP) is 3.48. The zero-order valence-corrected chi connectivity index (χ0v) is 20.3. The number of urea groups is 1. The van der Waals surface area contributed by atoms with Crippen molar-refractivity contribution in [2.75, 3.05) is 47.9 Å². The molecule has 35 heavy (non-hydrogen) atoms. The SMILES string of the molecule is C=CC(=O)N1CCC(NC(=O)Nc2ccc(-c3cc4c(N5CCSCC5)ncnc4[nH]3)cc2)CC1. The fraction of sp³-hybridized carbons (Fsp3) is 0.360. The van der Waals surface area contributed by atoms with Crippen LogP contribution in [0, 0.1) is 0 Å². The first-order valence-electron chi connectivity index (χ1n) is 11.9. The smallest absolute Gasteiger partial charge is 0.319 e. The lowest BCUT2D eigenvalue weighted by atomic mass is 10.1. The number of anilines is 2. The highest BCUT2D eigenvalue weighted by Gasteiger charge is 2.22. The second-order valence-electron chi connectivity index (χ2n) is 8.72. The van der Waals surface area contributed by atoms with Crippen molar-refractivity contribution < 1.29 is 9.59 Å². The van der Waals surface area contributed by atoms with Crippen LogP contribution in [0.2, 0.25) is 0 Å².